The van der Waals surface area contributed by atoms with Crippen molar-refractivity contribution in [2.45, 2.75) is 44.1 Å². The van der Waals surface area contributed by atoms with Gasteiger partial charge in [0.2, 0.25) is 0 Å². The Morgan fingerprint density at radius 1 is 1.25 bits per heavy atom. The Labute approximate surface area is 163 Å². The number of hydrogen-bond acceptors (Lipinski definition) is 6. The number of nitrogens with zero attached hydrogens (tertiary/aromatic N) is 3. The number of nitriles is 1. The number of aromatic nitrogens is 2. The Morgan fingerprint density at radius 3 is 2.71 bits per heavy atom. The van der Waals surface area contributed by atoms with Gasteiger partial charge in [-0.25, -0.2) is 4.98 Å². The molecule has 28 heavy (non-hydrogen) atoms. The molecule has 2 aliphatic rings. The van der Waals surface area contributed by atoms with Crippen molar-refractivity contribution in [3.8, 4) is 6.07 Å². The predicted molar refractivity (Wildman–Crippen MR) is 109 cm³/mol. The lowest BCUT2D eigenvalue weighted by atomic mass is 9.95. The van der Waals surface area contributed by atoms with Crippen LogP contribution in [-0.2, 0) is 0 Å². The van der Waals surface area contributed by atoms with E-state index in [9.17, 15) is 10.1 Å². The predicted octanol–water partition coefficient (Wildman–Crippen LogP) is 2.99. The summed E-state index contributed by atoms with van der Waals surface area (Å²) in [6.45, 7) is 1.41. The summed E-state index contributed by atoms with van der Waals surface area (Å²) in [6.07, 6.45) is 6.85. The van der Waals surface area contributed by atoms with Crippen LogP contribution in [0.5, 0.6) is 0 Å². The molecule has 2 aromatic rings. The van der Waals surface area contributed by atoms with Gasteiger partial charge in [0.15, 0.2) is 0 Å². The Morgan fingerprint density at radius 2 is 2.00 bits per heavy atom. The summed E-state index contributed by atoms with van der Waals surface area (Å²) in [5, 5.41) is 20.3. The summed E-state index contributed by atoms with van der Waals surface area (Å²) in [5.74, 6) is 1.28. The molecule has 7 heteroatoms. The second-order valence-electron chi connectivity index (χ2n) is 7.57. The third-order valence-corrected chi connectivity index (χ3v) is 5.70. The molecule has 4 rings (SSSR count). The van der Waals surface area contributed by atoms with Crippen molar-refractivity contribution in [2.75, 3.05) is 23.3 Å². The summed E-state index contributed by atoms with van der Waals surface area (Å²) in [7, 11) is 0. The summed E-state index contributed by atoms with van der Waals surface area (Å²) in [4.78, 5) is 22.2. The van der Waals surface area contributed by atoms with E-state index in [4.69, 9.17) is 5.41 Å². The van der Waals surface area contributed by atoms with Crippen LogP contribution in [0.4, 0.5) is 11.5 Å². The van der Waals surface area contributed by atoms with Gasteiger partial charge in [0.1, 0.15) is 17.7 Å². The zero-order chi connectivity index (χ0) is 19.5. The van der Waals surface area contributed by atoms with E-state index >= 15 is 0 Å². The molecule has 0 amide bonds. The Bertz CT molecular complexity index is 964. The van der Waals surface area contributed by atoms with Crippen LogP contribution in [0.25, 0.3) is 0 Å². The van der Waals surface area contributed by atoms with Gasteiger partial charge in [-0.3, -0.25) is 4.79 Å². The van der Waals surface area contributed by atoms with Gasteiger partial charge in [-0.15, -0.1) is 0 Å². The van der Waals surface area contributed by atoms with Crippen LogP contribution < -0.4 is 15.8 Å². The fourth-order valence-corrected chi connectivity index (χ4v) is 4.07. The minimum atomic E-state index is -0.269. The van der Waals surface area contributed by atoms with Crippen molar-refractivity contribution in [3.05, 3.63) is 51.6 Å². The van der Waals surface area contributed by atoms with E-state index < -0.39 is 0 Å². The van der Waals surface area contributed by atoms with E-state index in [2.05, 4.69) is 26.3 Å². The van der Waals surface area contributed by atoms with E-state index in [1.54, 1.807) is 0 Å². The van der Waals surface area contributed by atoms with E-state index in [-0.39, 0.29) is 11.5 Å². The highest BCUT2D eigenvalue weighted by atomic mass is 16.1. The molecule has 1 aromatic carbocycles. The van der Waals surface area contributed by atoms with Crippen LogP contribution in [0.1, 0.15) is 55.0 Å². The average Bonchev–Trinajstić information content (AvgIpc) is 2.68. The first-order valence-electron chi connectivity index (χ1n) is 9.85. The minimum Gasteiger partial charge on any atom is -0.369 e. The van der Waals surface area contributed by atoms with Crippen molar-refractivity contribution in [1.82, 2.24) is 9.97 Å². The minimum absolute atomic E-state index is 0.103. The summed E-state index contributed by atoms with van der Waals surface area (Å²) < 4.78 is 0. The maximum Gasteiger partial charge on any atom is 0.261 e. The van der Waals surface area contributed by atoms with Crippen molar-refractivity contribution in [1.29, 1.82) is 10.7 Å². The molecule has 1 aliphatic heterocycles. The summed E-state index contributed by atoms with van der Waals surface area (Å²) in [5.41, 5.74) is 1.59. The molecule has 0 radical (unpaired) electrons. The molecular weight excluding hydrogens is 352 g/mol. The molecule has 1 saturated heterocycles. The van der Waals surface area contributed by atoms with E-state index in [1.165, 1.54) is 19.3 Å². The molecule has 0 unspecified atom stereocenters. The molecule has 3 N–H and O–H groups in total. The Balaban J connectivity index is 1.53. The number of H-pyrrole nitrogens is 1. The standard InChI is InChI=1S/C21H24N6O/c22-10-14-6-4-5-9-18(14)27-12-15(13-27)19-25-20(17(11-23)21(28)26-19)24-16-7-2-1-3-8-16/h4-6,9,11,15-16,23H,1-3,7-8,12-13H2,(H2,24,25,26,28). The maximum absolute atomic E-state index is 12.5. The highest BCUT2D eigenvalue weighted by Gasteiger charge is 2.32. The van der Waals surface area contributed by atoms with E-state index in [0.717, 1.165) is 24.7 Å². The number of nitrogens with one attached hydrogen (secondary N) is 3. The largest absolute Gasteiger partial charge is 0.369 e. The third-order valence-electron chi connectivity index (χ3n) is 5.70. The van der Waals surface area contributed by atoms with Crippen LogP contribution in [0.3, 0.4) is 0 Å². The molecule has 7 nitrogen and oxygen atoms in total. The Kier molecular flexibility index (Phi) is 5.11. The van der Waals surface area contributed by atoms with Crippen LogP contribution in [0.15, 0.2) is 29.1 Å². The molecule has 1 saturated carbocycles. The van der Waals surface area contributed by atoms with Crippen molar-refractivity contribution < 1.29 is 0 Å². The number of para-hydroxylation sites is 1. The lowest BCUT2D eigenvalue weighted by molar-refractivity contribution is 0.460. The highest BCUT2D eigenvalue weighted by molar-refractivity contribution is 5.83. The lowest BCUT2D eigenvalue weighted by Gasteiger charge is -2.40. The number of rotatable bonds is 5. The molecule has 0 bridgehead atoms. The van der Waals surface area contributed by atoms with Gasteiger partial charge in [0.25, 0.3) is 5.56 Å². The SMILES string of the molecule is N#Cc1ccccc1N1CC(c2nc(NC3CCCCC3)c(C=N)c(=O)[nH]2)C1. The van der Waals surface area contributed by atoms with Crippen LogP contribution in [0.2, 0.25) is 0 Å². The summed E-state index contributed by atoms with van der Waals surface area (Å²) >= 11 is 0. The first-order valence-corrected chi connectivity index (χ1v) is 9.85. The molecule has 144 valence electrons. The lowest BCUT2D eigenvalue weighted by Crippen LogP contribution is -2.46. The van der Waals surface area contributed by atoms with E-state index in [0.29, 0.717) is 41.9 Å². The number of benzene rings is 1. The second-order valence-corrected chi connectivity index (χ2v) is 7.57. The first-order chi connectivity index (χ1) is 13.7. The van der Waals surface area contributed by atoms with Crippen LogP contribution in [-0.4, -0.2) is 35.3 Å². The van der Waals surface area contributed by atoms with E-state index in [1.807, 2.05) is 24.3 Å². The highest BCUT2D eigenvalue weighted by Crippen LogP contribution is 2.32. The normalized spacial score (nSPS) is 17.6. The third kappa shape index (κ3) is 3.50. The van der Waals surface area contributed by atoms with Gasteiger partial charge < -0.3 is 20.6 Å². The zero-order valence-corrected chi connectivity index (χ0v) is 15.7. The number of hydrogen-bond donors (Lipinski definition) is 3. The van der Waals surface area contributed by atoms with Crippen LogP contribution >= 0.6 is 0 Å². The maximum atomic E-state index is 12.5. The van der Waals surface area contributed by atoms with Crippen molar-refractivity contribution in [2.24, 2.45) is 0 Å². The van der Waals surface area contributed by atoms with Gasteiger partial charge >= 0.3 is 0 Å². The van der Waals surface area contributed by atoms with Gasteiger partial charge in [0, 0.05) is 25.3 Å². The monoisotopic (exact) mass is 376 g/mol. The molecule has 2 fully saturated rings. The van der Waals surface area contributed by atoms with Gasteiger partial charge in [-0.2, -0.15) is 5.26 Å². The van der Waals surface area contributed by atoms with Crippen molar-refractivity contribution >= 4 is 17.7 Å². The van der Waals surface area contributed by atoms with Crippen molar-refractivity contribution in [3.63, 3.8) is 0 Å². The molecule has 0 spiro atoms. The second kappa shape index (κ2) is 7.85. The van der Waals surface area contributed by atoms with Crippen LogP contribution in [0, 0.1) is 16.7 Å². The first kappa shape index (κ1) is 18.2. The average molecular weight is 376 g/mol. The molecule has 2 heterocycles. The summed E-state index contributed by atoms with van der Waals surface area (Å²) in [6, 6.07) is 10.1. The molecule has 0 atom stereocenters. The van der Waals surface area contributed by atoms with Gasteiger partial charge in [-0.05, 0) is 25.0 Å². The molecule has 1 aromatic heterocycles. The molecular formula is C21H24N6O. The number of aromatic amines is 1. The Hall–Kier alpha value is -3.14. The topological polar surface area (TPSA) is 109 Å². The van der Waals surface area contributed by atoms with Gasteiger partial charge in [-0.1, -0.05) is 31.4 Å². The fourth-order valence-electron chi connectivity index (χ4n) is 4.07. The smallest absolute Gasteiger partial charge is 0.261 e. The zero-order valence-electron chi connectivity index (χ0n) is 15.7. The van der Waals surface area contributed by atoms with Gasteiger partial charge in [0.05, 0.1) is 22.7 Å². The quantitative estimate of drug-likeness (QED) is 0.695. The molecule has 1 aliphatic carbocycles. The number of anilines is 2. The fraction of sp³-hybridized carbons (Fsp3) is 0.429.